The van der Waals surface area contributed by atoms with E-state index in [-0.39, 0.29) is 11.8 Å². The van der Waals surface area contributed by atoms with E-state index in [9.17, 15) is 4.79 Å². The third-order valence-corrected chi connectivity index (χ3v) is 5.42. The van der Waals surface area contributed by atoms with Gasteiger partial charge in [-0.25, -0.2) is 4.98 Å². The Kier molecular flexibility index (Phi) is 4.86. The quantitative estimate of drug-likeness (QED) is 0.647. The Morgan fingerprint density at radius 1 is 1.29 bits per heavy atom. The summed E-state index contributed by atoms with van der Waals surface area (Å²) in [7, 11) is 3.18. The average molecular weight is 400 g/mol. The molecule has 0 saturated carbocycles. The Labute approximate surface area is 165 Å². The summed E-state index contributed by atoms with van der Waals surface area (Å²) >= 11 is 1.44. The fourth-order valence-corrected chi connectivity index (χ4v) is 3.86. The van der Waals surface area contributed by atoms with Crippen LogP contribution in [0, 0.1) is 5.92 Å². The number of methoxy groups -OCH3 is 2. The SMILES string of the molecule is COc1ccc(Nc2nc(N3CCC(C(N)=O)C3)nc3scnc23)cc1OC. The lowest BCUT2D eigenvalue weighted by Gasteiger charge is -2.17. The maximum atomic E-state index is 11.5. The van der Waals surface area contributed by atoms with Gasteiger partial charge in [0.1, 0.15) is 5.52 Å². The highest BCUT2D eigenvalue weighted by atomic mass is 32.1. The minimum absolute atomic E-state index is 0.178. The van der Waals surface area contributed by atoms with E-state index in [0.717, 1.165) is 10.5 Å². The maximum Gasteiger partial charge on any atom is 0.228 e. The van der Waals surface area contributed by atoms with Crippen molar-refractivity contribution in [2.75, 3.05) is 37.5 Å². The molecule has 0 bridgehead atoms. The second-order valence-electron chi connectivity index (χ2n) is 6.41. The summed E-state index contributed by atoms with van der Waals surface area (Å²) in [5.74, 6) is 1.94. The van der Waals surface area contributed by atoms with Crippen molar-refractivity contribution in [3.05, 3.63) is 23.7 Å². The monoisotopic (exact) mass is 400 g/mol. The minimum Gasteiger partial charge on any atom is -0.493 e. The molecule has 1 fully saturated rings. The molecule has 0 radical (unpaired) electrons. The summed E-state index contributed by atoms with van der Waals surface area (Å²) < 4.78 is 10.6. The van der Waals surface area contributed by atoms with E-state index in [1.54, 1.807) is 19.7 Å². The number of nitrogens with one attached hydrogen (secondary N) is 1. The van der Waals surface area contributed by atoms with Crippen molar-refractivity contribution < 1.29 is 14.3 Å². The van der Waals surface area contributed by atoms with Crippen molar-refractivity contribution in [1.29, 1.82) is 0 Å². The van der Waals surface area contributed by atoms with E-state index in [1.807, 2.05) is 23.1 Å². The second kappa shape index (κ2) is 7.47. The van der Waals surface area contributed by atoms with Crippen molar-refractivity contribution in [2.24, 2.45) is 11.7 Å². The third kappa shape index (κ3) is 3.38. The Hall–Kier alpha value is -3.14. The molecule has 3 heterocycles. The van der Waals surface area contributed by atoms with Gasteiger partial charge < -0.3 is 25.4 Å². The van der Waals surface area contributed by atoms with Crippen LogP contribution in [0.4, 0.5) is 17.5 Å². The van der Waals surface area contributed by atoms with Gasteiger partial charge in [0, 0.05) is 24.8 Å². The molecule has 146 valence electrons. The van der Waals surface area contributed by atoms with Crippen LogP contribution in [-0.4, -0.2) is 48.2 Å². The van der Waals surface area contributed by atoms with Gasteiger partial charge in [0.05, 0.1) is 25.6 Å². The first-order chi connectivity index (χ1) is 13.6. The molecule has 1 aliphatic heterocycles. The molecule has 1 saturated heterocycles. The third-order valence-electron chi connectivity index (χ3n) is 4.71. The Bertz CT molecular complexity index is 1020. The predicted octanol–water partition coefficient (Wildman–Crippen LogP) is 2.16. The lowest BCUT2D eigenvalue weighted by Crippen LogP contribution is -2.28. The Balaban J connectivity index is 1.67. The van der Waals surface area contributed by atoms with Crippen LogP contribution in [0.25, 0.3) is 10.3 Å². The number of carbonyl (C=O) groups excluding carboxylic acids is 1. The van der Waals surface area contributed by atoms with Gasteiger partial charge in [0.25, 0.3) is 0 Å². The van der Waals surface area contributed by atoms with Gasteiger partial charge in [0.15, 0.2) is 22.1 Å². The molecule has 3 aromatic rings. The van der Waals surface area contributed by atoms with Crippen molar-refractivity contribution in [1.82, 2.24) is 15.0 Å². The van der Waals surface area contributed by atoms with Crippen LogP contribution in [0.15, 0.2) is 23.7 Å². The molecule has 1 amide bonds. The minimum atomic E-state index is -0.287. The van der Waals surface area contributed by atoms with Crippen LogP contribution < -0.4 is 25.4 Å². The smallest absolute Gasteiger partial charge is 0.228 e. The number of aromatic nitrogens is 3. The van der Waals surface area contributed by atoms with Crippen LogP contribution in [0.3, 0.4) is 0 Å². The first kappa shape index (κ1) is 18.2. The summed E-state index contributed by atoms with van der Waals surface area (Å²) in [6, 6.07) is 5.53. The van der Waals surface area contributed by atoms with Gasteiger partial charge in [0.2, 0.25) is 11.9 Å². The van der Waals surface area contributed by atoms with Gasteiger partial charge >= 0.3 is 0 Å². The van der Waals surface area contributed by atoms with Gasteiger partial charge in [-0.2, -0.15) is 9.97 Å². The molecule has 4 rings (SSSR count). The fourth-order valence-electron chi connectivity index (χ4n) is 3.20. The molecule has 1 aliphatic rings. The molecule has 9 nitrogen and oxygen atoms in total. The highest BCUT2D eigenvalue weighted by molar-refractivity contribution is 7.16. The number of thiazole rings is 1. The molecule has 1 aromatic carbocycles. The number of nitrogens with zero attached hydrogens (tertiary/aromatic N) is 4. The highest BCUT2D eigenvalue weighted by Crippen LogP contribution is 2.33. The van der Waals surface area contributed by atoms with E-state index in [0.29, 0.717) is 48.3 Å². The number of primary amides is 1. The number of hydrogen-bond acceptors (Lipinski definition) is 9. The molecule has 1 unspecified atom stereocenters. The molecule has 2 aromatic heterocycles. The number of hydrogen-bond donors (Lipinski definition) is 2. The van der Waals surface area contributed by atoms with E-state index in [1.165, 1.54) is 11.3 Å². The van der Waals surface area contributed by atoms with Crippen molar-refractivity contribution in [3.63, 3.8) is 0 Å². The zero-order valence-corrected chi connectivity index (χ0v) is 16.3. The lowest BCUT2D eigenvalue weighted by atomic mass is 10.1. The van der Waals surface area contributed by atoms with Crippen LogP contribution in [0.2, 0.25) is 0 Å². The van der Waals surface area contributed by atoms with Crippen molar-refractivity contribution in [2.45, 2.75) is 6.42 Å². The van der Waals surface area contributed by atoms with Gasteiger partial charge in [-0.15, -0.1) is 11.3 Å². The summed E-state index contributed by atoms with van der Waals surface area (Å²) in [4.78, 5) is 27.9. The average Bonchev–Trinajstić information content (AvgIpc) is 3.37. The number of fused-ring (bicyclic) bond motifs is 1. The zero-order valence-electron chi connectivity index (χ0n) is 15.5. The number of ether oxygens (including phenoxy) is 2. The van der Waals surface area contributed by atoms with E-state index in [4.69, 9.17) is 15.2 Å². The largest absolute Gasteiger partial charge is 0.493 e. The standard InChI is InChI=1S/C18H20N6O3S/c1-26-12-4-3-11(7-13(12)27-2)21-16-14-17(28-9-20-14)23-18(22-16)24-6-5-10(8-24)15(19)25/h3-4,7,9-10H,5-6,8H2,1-2H3,(H2,19,25)(H,21,22,23). The van der Waals surface area contributed by atoms with E-state index in [2.05, 4.69) is 20.3 Å². The van der Waals surface area contributed by atoms with Crippen LogP contribution >= 0.6 is 11.3 Å². The van der Waals surface area contributed by atoms with Crippen LogP contribution in [-0.2, 0) is 4.79 Å². The lowest BCUT2D eigenvalue weighted by molar-refractivity contribution is -0.121. The van der Waals surface area contributed by atoms with E-state index >= 15 is 0 Å². The van der Waals surface area contributed by atoms with Crippen LogP contribution in [0.1, 0.15) is 6.42 Å². The molecule has 0 spiro atoms. The Morgan fingerprint density at radius 2 is 2.11 bits per heavy atom. The molecule has 28 heavy (non-hydrogen) atoms. The van der Waals surface area contributed by atoms with E-state index < -0.39 is 0 Å². The first-order valence-corrected chi connectivity index (χ1v) is 9.61. The zero-order chi connectivity index (χ0) is 19.7. The van der Waals surface area contributed by atoms with Crippen LogP contribution in [0.5, 0.6) is 11.5 Å². The predicted molar refractivity (Wildman–Crippen MR) is 108 cm³/mol. The molecular formula is C18H20N6O3S. The number of rotatable bonds is 6. The van der Waals surface area contributed by atoms with Gasteiger partial charge in [-0.3, -0.25) is 4.79 Å². The van der Waals surface area contributed by atoms with Gasteiger partial charge in [-0.1, -0.05) is 0 Å². The number of nitrogens with two attached hydrogens (primary N) is 1. The van der Waals surface area contributed by atoms with Gasteiger partial charge in [-0.05, 0) is 18.6 Å². The second-order valence-corrected chi connectivity index (χ2v) is 7.24. The highest BCUT2D eigenvalue weighted by Gasteiger charge is 2.29. The number of benzene rings is 1. The maximum absolute atomic E-state index is 11.5. The molecular weight excluding hydrogens is 380 g/mol. The Morgan fingerprint density at radius 3 is 2.82 bits per heavy atom. The topological polar surface area (TPSA) is 115 Å². The number of amides is 1. The fraction of sp³-hybridized carbons (Fsp3) is 0.333. The molecule has 10 heteroatoms. The summed E-state index contributed by atoms with van der Waals surface area (Å²) in [6.07, 6.45) is 0.706. The normalized spacial score (nSPS) is 16.4. The first-order valence-electron chi connectivity index (χ1n) is 8.73. The molecule has 3 N–H and O–H groups in total. The van der Waals surface area contributed by atoms with Crippen molar-refractivity contribution in [3.8, 4) is 11.5 Å². The number of carbonyl (C=O) groups is 1. The van der Waals surface area contributed by atoms with Crippen molar-refractivity contribution >= 4 is 45.0 Å². The molecule has 1 atom stereocenters. The summed E-state index contributed by atoms with van der Waals surface area (Å²) in [5, 5.41) is 3.30. The summed E-state index contributed by atoms with van der Waals surface area (Å²) in [6.45, 7) is 1.21. The number of anilines is 3. The molecule has 0 aliphatic carbocycles. The summed E-state index contributed by atoms with van der Waals surface area (Å²) in [5.41, 5.74) is 8.66.